The average molecular weight is 402 g/mol. The molecule has 154 valence electrons. The standard InChI is InChI=1S/C19H31NO6S/c1-11(12(2)16(23)25-17(3,4)5)15(22)20-27(24)26-19-9-8-13(10-14(19)21)18(19,6)7/h11-13H,8-10H2,1-7H3,(H,20,22). The van der Waals surface area contributed by atoms with Crippen molar-refractivity contribution in [3.05, 3.63) is 0 Å². The van der Waals surface area contributed by atoms with Gasteiger partial charge in [-0.25, -0.2) is 4.21 Å². The molecule has 27 heavy (non-hydrogen) atoms. The molecule has 1 amide bonds. The molecule has 2 rings (SSSR count). The van der Waals surface area contributed by atoms with Gasteiger partial charge in [0.25, 0.3) is 11.3 Å². The summed E-state index contributed by atoms with van der Waals surface area (Å²) in [5.74, 6) is -2.39. The van der Waals surface area contributed by atoms with Crippen molar-refractivity contribution < 1.29 is 27.5 Å². The highest BCUT2D eigenvalue weighted by molar-refractivity contribution is 7.78. The van der Waals surface area contributed by atoms with Crippen LogP contribution < -0.4 is 4.72 Å². The summed E-state index contributed by atoms with van der Waals surface area (Å²) in [6.45, 7) is 12.3. The summed E-state index contributed by atoms with van der Waals surface area (Å²) in [5.41, 5.74) is -2.18. The van der Waals surface area contributed by atoms with Crippen LogP contribution in [-0.2, 0) is 34.6 Å². The zero-order valence-corrected chi connectivity index (χ0v) is 18.0. The van der Waals surface area contributed by atoms with Gasteiger partial charge in [-0.05, 0) is 39.5 Å². The van der Waals surface area contributed by atoms with Crippen molar-refractivity contribution in [3.63, 3.8) is 0 Å². The van der Waals surface area contributed by atoms with Gasteiger partial charge >= 0.3 is 5.97 Å². The third kappa shape index (κ3) is 4.11. The maximum atomic E-state index is 12.4. The van der Waals surface area contributed by atoms with Crippen molar-refractivity contribution in [1.29, 1.82) is 0 Å². The Morgan fingerprint density at radius 3 is 2.26 bits per heavy atom. The molecule has 0 aliphatic heterocycles. The lowest BCUT2D eigenvalue weighted by Crippen LogP contribution is -2.49. The Bertz CT molecular complexity index is 668. The van der Waals surface area contributed by atoms with Gasteiger partial charge in [-0.15, -0.1) is 0 Å². The number of amides is 1. The second-order valence-electron chi connectivity index (χ2n) is 9.31. The van der Waals surface area contributed by atoms with Gasteiger partial charge in [-0.2, -0.15) is 0 Å². The monoisotopic (exact) mass is 401 g/mol. The normalized spacial score (nSPS) is 29.9. The van der Waals surface area contributed by atoms with E-state index < -0.39 is 51.6 Å². The minimum Gasteiger partial charge on any atom is -0.460 e. The fourth-order valence-corrected chi connectivity index (χ4v) is 5.02. The second-order valence-corrected chi connectivity index (χ2v) is 10.1. The lowest BCUT2D eigenvalue weighted by atomic mass is 9.79. The number of rotatable bonds is 6. The molecule has 0 spiro atoms. The molecule has 8 heteroatoms. The van der Waals surface area contributed by atoms with E-state index in [0.717, 1.165) is 6.42 Å². The topological polar surface area (TPSA) is 98.8 Å². The first-order chi connectivity index (χ1) is 12.2. The Morgan fingerprint density at radius 1 is 1.22 bits per heavy atom. The molecule has 0 radical (unpaired) electrons. The van der Waals surface area contributed by atoms with Crippen LogP contribution in [0.15, 0.2) is 0 Å². The predicted molar refractivity (Wildman–Crippen MR) is 100 cm³/mol. The van der Waals surface area contributed by atoms with Gasteiger partial charge in [0.2, 0.25) is 5.91 Å². The molecule has 0 heterocycles. The summed E-state index contributed by atoms with van der Waals surface area (Å²) in [4.78, 5) is 37.0. The summed E-state index contributed by atoms with van der Waals surface area (Å²) in [5, 5.41) is 0. The first-order valence-corrected chi connectivity index (χ1v) is 10.5. The Balaban J connectivity index is 1.98. The van der Waals surface area contributed by atoms with E-state index in [1.165, 1.54) is 0 Å². The first kappa shape index (κ1) is 22.0. The Morgan fingerprint density at radius 2 is 1.81 bits per heavy atom. The van der Waals surface area contributed by atoms with Gasteiger partial charge < -0.3 is 4.74 Å². The molecule has 0 saturated heterocycles. The zero-order valence-electron chi connectivity index (χ0n) is 17.2. The zero-order chi connectivity index (χ0) is 20.8. The summed E-state index contributed by atoms with van der Waals surface area (Å²) in [6.07, 6.45) is 1.77. The van der Waals surface area contributed by atoms with Crippen LogP contribution in [0.1, 0.15) is 67.7 Å². The number of fused-ring (bicyclic) bond motifs is 2. The fraction of sp³-hybridized carbons (Fsp3) is 0.842. The number of ether oxygens (including phenoxy) is 1. The number of carbonyl (C=O) groups is 3. The van der Waals surface area contributed by atoms with E-state index in [9.17, 15) is 18.6 Å². The highest BCUT2D eigenvalue weighted by atomic mass is 32.2. The number of hydrogen-bond donors (Lipinski definition) is 1. The molecule has 7 nitrogen and oxygen atoms in total. The highest BCUT2D eigenvalue weighted by Gasteiger charge is 2.66. The summed E-state index contributed by atoms with van der Waals surface area (Å²) in [6, 6.07) is 0. The van der Waals surface area contributed by atoms with E-state index in [-0.39, 0.29) is 11.7 Å². The summed E-state index contributed by atoms with van der Waals surface area (Å²) < 4.78 is 25.7. The molecule has 0 aromatic rings. The van der Waals surface area contributed by atoms with Crippen LogP contribution in [0.5, 0.6) is 0 Å². The Kier molecular flexibility index (Phi) is 5.93. The van der Waals surface area contributed by atoms with Crippen LogP contribution in [-0.4, -0.2) is 33.1 Å². The molecule has 2 aliphatic carbocycles. The van der Waals surface area contributed by atoms with Crippen LogP contribution in [0.2, 0.25) is 0 Å². The van der Waals surface area contributed by atoms with Crippen molar-refractivity contribution in [2.45, 2.75) is 78.9 Å². The minimum atomic E-state index is -2.16. The van der Waals surface area contributed by atoms with Gasteiger partial charge in [0.15, 0.2) is 11.4 Å². The van der Waals surface area contributed by atoms with E-state index in [1.54, 1.807) is 34.6 Å². The molecule has 0 aromatic heterocycles. The van der Waals surface area contributed by atoms with Gasteiger partial charge in [0.1, 0.15) is 5.60 Å². The number of carbonyl (C=O) groups excluding carboxylic acids is 3. The number of esters is 1. The van der Waals surface area contributed by atoms with Crippen LogP contribution in [0.3, 0.4) is 0 Å². The predicted octanol–water partition coefficient (Wildman–Crippen LogP) is 2.46. The molecular weight excluding hydrogens is 370 g/mol. The van der Waals surface area contributed by atoms with Crippen molar-refractivity contribution in [2.24, 2.45) is 23.2 Å². The molecule has 1 N–H and O–H groups in total. The molecule has 0 aromatic carbocycles. The molecular formula is C19H31NO6S. The third-order valence-electron chi connectivity index (χ3n) is 6.13. The van der Waals surface area contributed by atoms with E-state index in [1.807, 2.05) is 13.8 Å². The average Bonchev–Trinajstić information content (AvgIpc) is 2.85. The number of hydrogen-bond acceptors (Lipinski definition) is 6. The first-order valence-electron chi connectivity index (χ1n) is 9.39. The maximum absolute atomic E-state index is 12.4. The van der Waals surface area contributed by atoms with Crippen molar-refractivity contribution in [1.82, 2.24) is 4.72 Å². The number of nitrogens with one attached hydrogen (secondary N) is 1. The van der Waals surface area contributed by atoms with E-state index in [2.05, 4.69) is 4.72 Å². The van der Waals surface area contributed by atoms with Crippen LogP contribution >= 0.6 is 0 Å². The summed E-state index contributed by atoms with van der Waals surface area (Å²) >= 11 is -2.16. The SMILES string of the molecule is CC(C(=O)NS(=O)OC12CCC(CC1=O)C2(C)C)C(C)C(=O)OC(C)(C)C. The van der Waals surface area contributed by atoms with Gasteiger partial charge in [-0.3, -0.25) is 23.3 Å². The third-order valence-corrected chi connectivity index (χ3v) is 6.94. The smallest absolute Gasteiger partial charge is 0.309 e. The van der Waals surface area contributed by atoms with Crippen LogP contribution in [0, 0.1) is 23.2 Å². The minimum absolute atomic E-state index is 0.0541. The molecule has 5 atom stereocenters. The molecule has 2 fully saturated rings. The number of Topliss-reactive ketones (excluding diaryl/α,β-unsaturated/α-hetero) is 1. The molecule has 2 aliphatic rings. The van der Waals surface area contributed by atoms with Gasteiger partial charge in [0.05, 0.1) is 5.92 Å². The van der Waals surface area contributed by atoms with Gasteiger partial charge in [-0.1, -0.05) is 27.7 Å². The van der Waals surface area contributed by atoms with Crippen molar-refractivity contribution in [2.75, 3.05) is 0 Å². The Labute approximate surface area is 163 Å². The van der Waals surface area contributed by atoms with E-state index in [4.69, 9.17) is 8.92 Å². The molecule has 5 unspecified atom stereocenters. The van der Waals surface area contributed by atoms with Crippen LogP contribution in [0.25, 0.3) is 0 Å². The van der Waals surface area contributed by atoms with E-state index in [0.29, 0.717) is 12.8 Å². The van der Waals surface area contributed by atoms with Gasteiger partial charge in [0, 0.05) is 17.8 Å². The lowest BCUT2D eigenvalue weighted by Gasteiger charge is -2.34. The van der Waals surface area contributed by atoms with Crippen molar-refractivity contribution in [3.8, 4) is 0 Å². The Hall–Kier alpha value is -1.28. The van der Waals surface area contributed by atoms with E-state index >= 15 is 0 Å². The van der Waals surface area contributed by atoms with Crippen molar-refractivity contribution >= 4 is 28.9 Å². The molecule has 2 saturated carbocycles. The second kappa shape index (κ2) is 7.28. The highest BCUT2D eigenvalue weighted by Crippen LogP contribution is 2.60. The maximum Gasteiger partial charge on any atom is 0.309 e. The molecule has 2 bridgehead atoms. The fourth-order valence-electron chi connectivity index (χ4n) is 3.98. The lowest BCUT2D eigenvalue weighted by molar-refractivity contribution is -0.162. The largest absolute Gasteiger partial charge is 0.460 e. The quantitative estimate of drug-likeness (QED) is 0.687. The number of ketones is 1. The summed E-state index contributed by atoms with van der Waals surface area (Å²) in [7, 11) is 0. The van der Waals surface area contributed by atoms with Crippen LogP contribution in [0.4, 0.5) is 0 Å².